The highest BCUT2D eigenvalue weighted by Crippen LogP contribution is 2.39. The maximum atomic E-state index is 6.19. The molecule has 3 nitrogen and oxygen atoms in total. The Bertz CT molecular complexity index is 1790. The van der Waals surface area contributed by atoms with Crippen molar-refractivity contribution in [2.45, 2.75) is 0 Å². The molecule has 1 N–H and O–H groups in total. The summed E-state index contributed by atoms with van der Waals surface area (Å²) in [6.07, 6.45) is 0. The Kier molecular flexibility index (Phi) is 3.84. The first-order valence-corrected chi connectivity index (χ1v) is 11.0. The van der Waals surface area contributed by atoms with Crippen molar-refractivity contribution >= 4 is 55.3 Å². The molecule has 0 bridgehead atoms. The minimum Gasteiger partial charge on any atom is -0.456 e. The highest BCUT2D eigenvalue weighted by atomic mass is 16.3. The van der Waals surface area contributed by atoms with Gasteiger partial charge in [0.15, 0.2) is 0 Å². The molecule has 0 saturated heterocycles. The van der Waals surface area contributed by atoms with Gasteiger partial charge < -0.3 is 14.2 Å². The Morgan fingerprint density at radius 2 is 1.18 bits per heavy atom. The van der Waals surface area contributed by atoms with Crippen LogP contribution in [0.2, 0.25) is 0 Å². The lowest BCUT2D eigenvalue weighted by Crippen LogP contribution is -1.90. The highest BCUT2D eigenvalue weighted by molar-refractivity contribution is 6.14. The van der Waals surface area contributed by atoms with E-state index in [1.807, 2.05) is 48.5 Å². The first kappa shape index (κ1) is 18.1. The van der Waals surface area contributed by atoms with Gasteiger partial charge in [-0.1, -0.05) is 66.7 Å². The molecule has 0 aliphatic heterocycles. The molecule has 156 valence electrons. The lowest BCUT2D eigenvalue weighted by molar-refractivity contribution is 0.668. The average molecular weight is 425 g/mol. The van der Waals surface area contributed by atoms with Crippen LogP contribution in [-0.2, 0) is 0 Å². The first-order chi connectivity index (χ1) is 16.3. The number of hydrogen-bond acceptors (Lipinski definition) is 3. The van der Waals surface area contributed by atoms with Gasteiger partial charge in [0.25, 0.3) is 0 Å². The highest BCUT2D eigenvalue weighted by Gasteiger charge is 2.14. The van der Waals surface area contributed by atoms with E-state index in [-0.39, 0.29) is 0 Å². The molecule has 2 heterocycles. The standard InChI is InChI=1S/C30H19NO2/c1-2-8-19(9-3-1)21-11-6-14-27-29(21)23-18-20(16-17-26(23)33-27)31-24-12-7-15-28-30(24)22-10-4-5-13-25(22)32-28/h1-18,31H. The van der Waals surface area contributed by atoms with Crippen LogP contribution >= 0.6 is 0 Å². The minimum atomic E-state index is 0.877. The zero-order chi connectivity index (χ0) is 21.8. The van der Waals surface area contributed by atoms with Crippen LogP contribution in [-0.4, -0.2) is 0 Å². The quantitative estimate of drug-likeness (QED) is 0.307. The molecule has 0 atom stereocenters. The number of rotatable bonds is 3. The van der Waals surface area contributed by atoms with Gasteiger partial charge in [-0.2, -0.15) is 0 Å². The number of nitrogens with one attached hydrogen (secondary N) is 1. The smallest absolute Gasteiger partial charge is 0.137 e. The predicted octanol–water partition coefficient (Wildman–Crippen LogP) is 8.90. The van der Waals surface area contributed by atoms with Crippen LogP contribution in [0, 0.1) is 0 Å². The Morgan fingerprint density at radius 3 is 2.06 bits per heavy atom. The van der Waals surface area contributed by atoms with Gasteiger partial charge in [0, 0.05) is 21.8 Å². The lowest BCUT2D eigenvalue weighted by atomic mass is 9.99. The van der Waals surface area contributed by atoms with Crippen LogP contribution < -0.4 is 5.32 Å². The third-order valence-corrected chi connectivity index (χ3v) is 6.26. The second kappa shape index (κ2) is 7.01. The van der Waals surface area contributed by atoms with Crippen LogP contribution in [0.4, 0.5) is 11.4 Å². The molecule has 33 heavy (non-hydrogen) atoms. The third-order valence-electron chi connectivity index (χ3n) is 6.26. The molecule has 5 aromatic carbocycles. The molecule has 0 unspecified atom stereocenters. The van der Waals surface area contributed by atoms with Crippen molar-refractivity contribution in [3.8, 4) is 11.1 Å². The molecule has 7 aromatic rings. The Labute approximate surface area is 189 Å². The van der Waals surface area contributed by atoms with Crippen molar-refractivity contribution in [1.29, 1.82) is 0 Å². The summed E-state index contributed by atoms with van der Waals surface area (Å²) in [6, 6.07) is 37.3. The van der Waals surface area contributed by atoms with E-state index < -0.39 is 0 Å². The second-order valence-corrected chi connectivity index (χ2v) is 8.26. The lowest BCUT2D eigenvalue weighted by Gasteiger charge is -2.08. The summed E-state index contributed by atoms with van der Waals surface area (Å²) < 4.78 is 12.2. The average Bonchev–Trinajstić information content (AvgIpc) is 3.43. The molecule has 0 saturated carbocycles. The van der Waals surface area contributed by atoms with Crippen molar-refractivity contribution in [3.63, 3.8) is 0 Å². The van der Waals surface area contributed by atoms with Crippen LogP contribution in [0.5, 0.6) is 0 Å². The molecular formula is C30H19NO2. The van der Waals surface area contributed by atoms with E-state index in [1.165, 1.54) is 11.1 Å². The van der Waals surface area contributed by atoms with Gasteiger partial charge >= 0.3 is 0 Å². The number of fused-ring (bicyclic) bond motifs is 6. The fraction of sp³-hybridized carbons (Fsp3) is 0. The number of hydrogen-bond donors (Lipinski definition) is 1. The summed E-state index contributed by atoms with van der Waals surface area (Å²) in [5, 5.41) is 8.06. The summed E-state index contributed by atoms with van der Waals surface area (Å²) in [4.78, 5) is 0. The maximum Gasteiger partial charge on any atom is 0.137 e. The molecule has 3 heteroatoms. The first-order valence-electron chi connectivity index (χ1n) is 11.0. The molecular weight excluding hydrogens is 406 g/mol. The van der Waals surface area contributed by atoms with Crippen LogP contribution in [0.25, 0.3) is 55.0 Å². The van der Waals surface area contributed by atoms with Gasteiger partial charge in [-0.15, -0.1) is 0 Å². The fourth-order valence-corrected chi connectivity index (χ4v) is 4.80. The Balaban J connectivity index is 1.41. The van der Waals surface area contributed by atoms with Crippen molar-refractivity contribution in [3.05, 3.63) is 109 Å². The predicted molar refractivity (Wildman–Crippen MR) is 136 cm³/mol. The van der Waals surface area contributed by atoms with Crippen molar-refractivity contribution in [1.82, 2.24) is 0 Å². The number of benzene rings is 5. The van der Waals surface area contributed by atoms with E-state index in [1.54, 1.807) is 0 Å². The Morgan fingerprint density at radius 1 is 0.485 bits per heavy atom. The zero-order valence-electron chi connectivity index (χ0n) is 17.7. The van der Waals surface area contributed by atoms with E-state index in [0.29, 0.717) is 0 Å². The van der Waals surface area contributed by atoms with E-state index >= 15 is 0 Å². The van der Waals surface area contributed by atoms with Gasteiger partial charge in [-0.05, 0) is 53.6 Å². The van der Waals surface area contributed by atoms with E-state index in [2.05, 4.69) is 66.0 Å². The molecule has 2 aromatic heterocycles. The molecule has 0 spiro atoms. The second-order valence-electron chi connectivity index (χ2n) is 8.26. The largest absolute Gasteiger partial charge is 0.456 e. The molecule has 0 aliphatic rings. The van der Waals surface area contributed by atoms with E-state index in [9.17, 15) is 0 Å². The van der Waals surface area contributed by atoms with Crippen LogP contribution in [0.3, 0.4) is 0 Å². The maximum absolute atomic E-state index is 6.19. The number of anilines is 2. The summed E-state index contributed by atoms with van der Waals surface area (Å²) in [7, 11) is 0. The van der Waals surface area contributed by atoms with Gasteiger partial charge in [0.2, 0.25) is 0 Å². The molecule has 0 aliphatic carbocycles. The third kappa shape index (κ3) is 2.83. The summed E-state index contributed by atoms with van der Waals surface area (Å²) in [5.74, 6) is 0. The van der Waals surface area contributed by atoms with Crippen molar-refractivity contribution < 1.29 is 8.83 Å². The number of para-hydroxylation sites is 1. The SMILES string of the molecule is c1ccc(-c2cccc3oc4ccc(Nc5cccc6oc7ccccc7c56)cc4c23)cc1. The molecule has 0 radical (unpaired) electrons. The van der Waals surface area contributed by atoms with Crippen molar-refractivity contribution in [2.75, 3.05) is 5.32 Å². The topological polar surface area (TPSA) is 38.3 Å². The van der Waals surface area contributed by atoms with Crippen LogP contribution in [0.1, 0.15) is 0 Å². The monoisotopic (exact) mass is 425 g/mol. The summed E-state index contributed by atoms with van der Waals surface area (Å²) in [6.45, 7) is 0. The van der Waals surface area contributed by atoms with E-state index in [4.69, 9.17) is 8.83 Å². The molecule has 7 rings (SSSR count). The van der Waals surface area contributed by atoms with Gasteiger partial charge in [-0.25, -0.2) is 0 Å². The van der Waals surface area contributed by atoms with Gasteiger partial charge in [-0.3, -0.25) is 0 Å². The number of furan rings is 2. The van der Waals surface area contributed by atoms with E-state index in [0.717, 1.165) is 55.3 Å². The fourth-order valence-electron chi connectivity index (χ4n) is 4.80. The summed E-state index contributed by atoms with van der Waals surface area (Å²) in [5.41, 5.74) is 7.93. The van der Waals surface area contributed by atoms with Gasteiger partial charge in [0.05, 0.1) is 11.1 Å². The van der Waals surface area contributed by atoms with Crippen LogP contribution in [0.15, 0.2) is 118 Å². The van der Waals surface area contributed by atoms with Gasteiger partial charge in [0.1, 0.15) is 22.3 Å². The van der Waals surface area contributed by atoms with Crippen molar-refractivity contribution in [2.24, 2.45) is 0 Å². The molecule has 0 amide bonds. The Hall–Kier alpha value is -4.50. The zero-order valence-corrected chi connectivity index (χ0v) is 17.7. The molecule has 0 fully saturated rings. The normalized spacial score (nSPS) is 11.6. The summed E-state index contributed by atoms with van der Waals surface area (Å²) >= 11 is 0. The minimum absolute atomic E-state index is 0.877.